The van der Waals surface area contributed by atoms with Crippen LogP contribution in [0.4, 0.5) is 0 Å². The van der Waals surface area contributed by atoms with Crippen LogP contribution in [0.3, 0.4) is 0 Å². The first-order valence-electron chi connectivity index (χ1n) is 14.3. The highest BCUT2D eigenvalue weighted by molar-refractivity contribution is 5.72. The molecule has 2 saturated carbocycles. The number of rotatable bonds is 10. The Hall–Kier alpha value is -3.04. The third-order valence-electron chi connectivity index (χ3n) is 6.98. The maximum atomic E-state index is 6.05. The number of allylic oxidation sites excluding steroid dienone is 5. The van der Waals surface area contributed by atoms with Crippen molar-refractivity contribution in [2.24, 2.45) is 11.8 Å². The molecular formula is C36H50O3. The van der Waals surface area contributed by atoms with Crippen molar-refractivity contribution < 1.29 is 14.2 Å². The van der Waals surface area contributed by atoms with Crippen LogP contribution in [0, 0.1) is 25.7 Å². The average molecular weight is 531 g/mol. The summed E-state index contributed by atoms with van der Waals surface area (Å²) in [6, 6.07) is 12.9. The van der Waals surface area contributed by atoms with E-state index in [2.05, 4.69) is 94.1 Å². The molecule has 39 heavy (non-hydrogen) atoms. The highest BCUT2D eigenvalue weighted by Crippen LogP contribution is 2.57. The Morgan fingerprint density at radius 2 is 1.72 bits per heavy atom. The zero-order chi connectivity index (χ0) is 28.9. The molecule has 2 fully saturated rings. The zero-order valence-electron chi connectivity index (χ0n) is 25.7. The Morgan fingerprint density at radius 3 is 2.33 bits per heavy atom. The van der Waals surface area contributed by atoms with Gasteiger partial charge < -0.3 is 14.2 Å². The van der Waals surface area contributed by atoms with Crippen LogP contribution in [0.15, 0.2) is 84.2 Å². The van der Waals surface area contributed by atoms with Crippen molar-refractivity contribution in [1.82, 2.24) is 0 Å². The molecule has 4 rings (SSSR count). The van der Waals surface area contributed by atoms with E-state index >= 15 is 0 Å². The average Bonchev–Trinajstić information content (AvgIpc) is 3.57. The number of benzene rings is 2. The fourth-order valence-corrected chi connectivity index (χ4v) is 5.29. The van der Waals surface area contributed by atoms with Gasteiger partial charge in [-0.25, -0.2) is 0 Å². The number of hydrogen-bond donors (Lipinski definition) is 0. The maximum Gasteiger partial charge on any atom is 0.119 e. The maximum absolute atomic E-state index is 6.05. The molecule has 0 N–H and O–H groups in total. The van der Waals surface area contributed by atoms with E-state index < -0.39 is 0 Å². The van der Waals surface area contributed by atoms with Crippen molar-refractivity contribution in [2.45, 2.75) is 73.8 Å². The van der Waals surface area contributed by atoms with Gasteiger partial charge in [0.25, 0.3) is 0 Å². The SMILES string of the molecule is C=C(C)CCCOc1cc(C)c(-c2cccc(COC(=C)/C=C3/CC4CC4/C3=C/C)c2)c(C)c1.CC.COC. The lowest BCUT2D eigenvalue weighted by atomic mass is 9.94. The minimum Gasteiger partial charge on any atom is -0.494 e. The van der Waals surface area contributed by atoms with Gasteiger partial charge in [-0.3, -0.25) is 0 Å². The van der Waals surface area contributed by atoms with Crippen molar-refractivity contribution in [3.05, 3.63) is 101 Å². The number of hydrogen-bond acceptors (Lipinski definition) is 3. The molecule has 3 nitrogen and oxygen atoms in total. The summed E-state index contributed by atoms with van der Waals surface area (Å²) in [4.78, 5) is 0. The molecule has 0 spiro atoms. The second-order valence-corrected chi connectivity index (χ2v) is 10.4. The van der Waals surface area contributed by atoms with Gasteiger partial charge in [0.2, 0.25) is 0 Å². The molecule has 2 aliphatic carbocycles. The second-order valence-electron chi connectivity index (χ2n) is 10.4. The van der Waals surface area contributed by atoms with Gasteiger partial charge in [0, 0.05) is 14.2 Å². The van der Waals surface area contributed by atoms with Crippen LogP contribution in [0.25, 0.3) is 11.1 Å². The van der Waals surface area contributed by atoms with Gasteiger partial charge in [0.05, 0.1) is 6.61 Å². The van der Waals surface area contributed by atoms with E-state index in [1.165, 1.54) is 51.8 Å². The van der Waals surface area contributed by atoms with Gasteiger partial charge in [-0.05, 0) is 128 Å². The summed E-state index contributed by atoms with van der Waals surface area (Å²) in [5.74, 6) is 3.35. The lowest BCUT2D eigenvalue weighted by Crippen LogP contribution is -1.99. The lowest BCUT2D eigenvalue weighted by Gasteiger charge is -2.15. The van der Waals surface area contributed by atoms with Crippen molar-refractivity contribution in [3.8, 4) is 16.9 Å². The number of ether oxygens (including phenoxy) is 3. The number of fused-ring (bicyclic) bond motifs is 1. The molecule has 0 radical (unpaired) electrons. The van der Waals surface area contributed by atoms with Gasteiger partial charge in [-0.15, -0.1) is 6.58 Å². The van der Waals surface area contributed by atoms with E-state index in [1.807, 2.05) is 13.8 Å². The first-order chi connectivity index (χ1) is 18.8. The molecule has 2 aromatic carbocycles. The molecule has 2 aliphatic rings. The van der Waals surface area contributed by atoms with Gasteiger partial charge >= 0.3 is 0 Å². The summed E-state index contributed by atoms with van der Waals surface area (Å²) >= 11 is 0. The summed E-state index contributed by atoms with van der Waals surface area (Å²) in [5.41, 5.74) is 10.2. The number of aryl methyl sites for hydroxylation is 2. The van der Waals surface area contributed by atoms with Gasteiger partial charge in [-0.2, -0.15) is 0 Å². The third kappa shape index (κ3) is 9.58. The number of methoxy groups -OCH3 is 1. The second kappa shape index (κ2) is 16.2. The predicted octanol–water partition coefficient (Wildman–Crippen LogP) is 9.94. The van der Waals surface area contributed by atoms with E-state index in [9.17, 15) is 0 Å². The molecule has 0 heterocycles. The van der Waals surface area contributed by atoms with Crippen LogP contribution in [-0.2, 0) is 16.1 Å². The van der Waals surface area contributed by atoms with Crippen molar-refractivity contribution in [3.63, 3.8) is 0 Å². The third-order valence-corrected chi connectivity index (χ3v) is 6.98. The summed E-state index contributed by atoms with van der Waals surface area (Å²) in [6.07, 6.45) is 8.95. The standard InChI is InChI=1S/C32H38O2.C2H6O.C2H6/c1-7-30-27(18-28-19-31(28)30)16-24(6)34-20-25-11-8-12-26(17-25)32-22(4)14-29(15-23(32)5)33-13-9-10-21(2)3;1-3-2;1-2/h7-8,11-12,14-17,28,31H,2,6,9-10,13,18-20H2,1,3-5H3;1-2H3;1-2H3/b27-16-,30-7+;;. The summed E-state index contributed by atoms with van der Waals surface area (Å²) in [6.45, 7) is 21.9. The molecule has 0 saturated heterocycles. The fraction of sp³-hybridized carbons (Fsp3) is 0.444. The predicted molar refractivity (Wildman–Crippen MR) is 167 cm³/mol. The van der Waals surface area contributed by atoms with Crippen LogP contribution >= 0.6 is 0 Å². The normalized spacial score (nSPS) is 18.9. The zero-order valence-corrected chi connectivity index (χ0v) is 25.7. The van der Waals surface area contributed by atoms with Crippen molar-refractivity contribution in [1.29, 1.82) is 0 Å². The summed E-state index contributed by atoms with van der Waals surface area (Å²) < 4.78 is 16.3. The Bertz CT molecular complexity index is 1140. The van der Waals surface area contributed by atoms with E-state index in [-0.39, 0.29) is 0 Å². The Balaban J connectivity index is 0.000000998. The van der Waals surface area contributed by atoms with E-state index in [4.69, 9.17) is 9.47 Å². The summed E-state index contributed by atoms with van der Waals surface area (Å²) in [5, 5.41) is 0. The molecule has 2 atom stereocenters. The molecular weight excluding hydrogens is 480 g/mol. The molecule has 2 aromatic rings. The van der Waals surface area contributed by atoms with Gasteiger partial charge in [0.1, 0.15) is 18.1 Å². The lowest BCUT2D eigenvalue weighted by molar-refractivity contribution is 0.212. The largest absolute Gasteiger partial charge is 0.494 e. The fourth-order valence-electron chi connectivity index (χ4n) is 5.29. The topological polar surface area (TPSA) is 27.7 Å². The molecule has 0 aromatic heterocycles. The monoisotopic (exact) mass is 530 g/mol. The smallest absolute Gasteiger partial charge is 0.119 e. The van der Waals surface area contributed by atoms with Gasteiger partial charge in [-0.1, -0.05) is 50.3 Å². The molecule has 0 amide bonds. The summed E-state index contributed by atoms with van der Waals surface area (Å²) in [7, 11) is 3.25. The molecule has 212 valence electrons. The minimum atomic E-state index is 0.524. The Kier molecular flexibility index (Phi) is 13.3. The van der Waals surface area contributed by atoms with Crippen LogP contribution in [0.1, 0.15) is 70.1 Å². The first kappa shape index (κ1) is 32.2. The van der Waals surface area contributed by atoms with E-state index in [0.717, 1.165) is 48.4 Å². The highest BCUT2D eigenvalue weighted by Gasteiger charge is 2.46. The highest BCUT2D eigenvalue weighted by atomic mass is 16.5. The Morgan fingerprint density at radius 1 is 1.05 bits per heavy atom. The quantitative estimate of drug-likeness (QED) is 0.174. The molecule has 0 bridgehead atoms. The minimum absolute atomic E-state index is 0.524. The van der Waals surface area contributed by atoms with Gasteiger partial charge in [0.15, 0.2) is 0 Å². The van der Waals surface area contributed by atoms with E-state index in [0.29, 0.717) is 6.61 Å². The van der Waals surface area contributed by atoms with Crippen LogP contribution < -0.4 is 4.74 Å². The Labute approximate surface area is 238 Å². The molecule has 2 unspecified atom stereocenters. The van der Waals surface area contributed by atoms with Crippen LogP contribution in [0.2, 0.25) is 0 Å². The van der Waals surface area contributed by atoms with Crippen LogP contribution in [0.5, 0.6) is 5.75 Å². The van der Waals surface area contributed by atoms with Crippen LogP contribution in [-0.4, -0.2) is 20.8 Å². The van der Waals surface area contributed by atoms with Crippen molar-refractivity contribution in [2.75, 3.05) is 20.8 Å². The van der Waals surface area contributed by atoms with Crippen molar-refractivity contribution >= 4 is 0 Å². The first-order valence-corrected chi connectivity index (χ1v) is 14.3. The van der Waals surface area contributed by atoms with E-state index in [1.54, 1.807) is 14.2 Å². The molecule has 0 aliphatic heterocycles. The molecule has 3 heteroatoms.